The third-order valence-corrected chi connectivity index (χ3v) is 5.36. The molecule has 1 heterocycles. The molecule has 0 radical (unpaired) electrons. The minimum absolute atomic E-state index is 0.0221. The number of rotatable bonds is 10. The van der Waals surface area contributed by atoms with Crippen LogP contribution in [0.4, 0.5) is 10.5 Å². The lowest BCUT2D eigenvalue weighted by atomic mass is 10.1. The van der Waals surface area contributed by atoms with Gasteiger partial charge in [-0.1, -0.05) is 44.9 Å². The Morgan fingerprint density at radius 1 is 1.13 bits per heavy atom. The number of carbonyl (C=O) groups excluding carboxylic acids is 2. The zero-order valence-corrected chi connectivity index (χ0v) is 19.9. The van der Waals surface area contributed by atoms with E-state index in [0.29, 0.717) is 19.6 Å². The van der Waals surface area contributed by atoms with E-state index in [-0.39, 0.29) is 24.4 Å². The fourth-order valence-electron chi connectivity index (χ4n) is 3.57. The van der Waals surface area contributed by atoms with Gasteiger partial charge in [0.15, 0.2) is 0 Å². The van der Waals surface area contributed by atoms with Gasteiger partial charge in [0.2, 0.25) is 5.91 Å². The minimum Gasteiger partial charge on any atom is -0.353 e. The van der Waals surface area contributed by atoms with Gasteiger partial charge in [0, 0.05) is 37.7 Å². The van der Waals surface area contributed by atoms with Gasteiger partial charge in [-0.3, -0.25) is 4.79 Å². The minimum atomic E-state index is -0.233. The number of nitrogens with zero attached hydrogens (tertiary/aromatic N) is 3. The molecule has 0 unspecified atom stereocenters. The summed E-state index contributed by atoms with van der Waals surface area (Å²) in [4.78, 5) is 29.8. The van der Waals surface area contributed by atoms with Crippen LogP contribution < -0.4 is 5.32 Å². The first-order chi connectivity index (χ1) is 14.7. The zero-order chi connectivity index (χ0) is 23.0. The Labute approximate surface area is 187 Å². The smallest absolute Gasteiger partial charge is 0.322 e. The van der Waals surface area contributed by atoms with Crippen LogP contribution in [0.2, 0.25) is 0 Å². The summed E-state index contributed by atoms with van der Waals surface area (Å²) in [6.45, 7) is 12.1. The largest absolute Gasteiger partial charge is 0.353 e. The van der Waals surface area contributed by atoms with E-state index in [1.165, 1.54) is 0 Å². The SMILES string of the molecule is CCCCN(Cc1cccn1C)C(=O)CN(CC(C)C)C(=O)Nc1ccc(C)cc1C. The van der Waals surface area contributed by atoms with E-state index in [0.717, 1.165) is 35.3 Å². The van der Waals surface area contributed by atoms with Crippen molar-refractivity contribution in [3.05, 3.63) is 53.3 Å². The Hall–Kier alpha value is -2.76. The molecule has 1 aromatic heterocycles. The summed E-state index contributed by atoms with van der Waals surface area (Å²) in [7, 11) is 1.99. The van der Waals surface area contributed by atoms with Crippen molar-refractivity contribution in [1.82, 2.24) is 14.4 Å². The predicted octanol–water partition coefficient (Wildman–Crippen LogP) is 4.96. The molecule has 0 aliphatic carbocycles. The summed E-state index contributed by atoms with van der Waals surface area (Å²) in [6, 6.07) is 9.72. The zero-order valence-electron chi connectivity index (χ0n) is 19.9. The Bertz CT molecular complexity index is 872. The third kappa shape index (κ3) is 7.46. The fourth-order valence-corrected chi connectivity index (χ4v) is 3.57. The lowest BCUT2D eigenvalue weighted by Crippen LogP contribution is -2.46. The monoisotopic (exact) mass is 426 g/mol. The molecule has 0 spiro atoms. The van der Waals surface area contributed by atoms with Crippen molar-refractivity contribution in [2.24, 2.45) is 13.0 Å². The van der Waals surface area contributed by atoms with Gasteiger partial charge in [-0.2, -0.15) is 0 Å². The summed E-state index contributed by atoms with van der Waals surface area (Å²) < 4.78 is 2.03. The van der Waals surface area contributed by atoms with E-state index < -0.39 is 0 Å². The molecule has 0 aliphatic rings. The molecule has 0 saturated carbocycles. The maximum Gasteiger partial charge on any atom is 0.322 e. The normalized spacial score (nSPS) is 10.9. The second-order valence-electron chi connectivity index (χ2n) is 8.80. The lowest BCUT2D eigenvalue weighted by Gasteiger charge is -2.29. The van der Waals surface area contributed by atoms with Gasteiger partial charge in [-0.25, -0.2) is 4.79 Å². The second kappa shape index (κ2) is 11.6. The van der Waals surface area contributed by atoms with Crippen molar-refractivity contribution in [2.75, 3.05) is 25.0 Å². The molecular formula is C25H38N4O2. The number of amides is 3. The van der Waals surface area contributed by atoms with Crippen LogP contribution in [0.25, 0.3) is 0 Å². The average molecular weight is 427 g/mol. The van der Waals surface area contributed by atoms with Crippen LogP contribution in [0.1, 0.15) is 50.4 Å². The molecular weight excluding hydrogens is 388 g/mol. The van der Waals surface area contributed by atoms with Crippen molar-refractivity contribution in [2.45, 2.75) is 54.0 Å². The van der Waals surface area contributed by atoms with E-state index in [4.69, 9.17) is 0 Å². The van der Waals surface area contributed by atoms with Crippen molar-refractivity contribution < 1.29 is 9.59 Å². The number of carbonyl (C=O) groups is 2. The molecule has 3 amide bonds. The highest BCUT2D eigenvalue weighted by Gasteiger charge is 2.23. The van der Waals surface area contributed by atoms with Crippen LogP contribution in [0.15, 0.2) is 36.5 Å². The number of benzene rings is 1. The predicted molar refractivity (Wildman–Crippen MR) is 127 cm³/mol. The molecule has 0 fully saturated rings. The van der Waals surface area contributed by atoms with Crippen LogP contribution in [-0.4, -0.2) is 45.9 Å². The van der Waals surface area contributed by atoms with Crippen LogP contribution in [0.3, 0.4) is 0 Å². The van der Waals surface area contributed by atoms with Crippen molar-refractivity contribution >= 4 is 17.6 Å². The van der Waals surface area contributed by atoms with E-state index in [2.05, 4.69) is 26.1 Å². The summed E-state index contributed by atoms with van der Waals surface area (Å²) in [5.41, 5.74) is 4.03. The number of aryl methyl sites for hydroxylation is 3. The maximum atomic E-state index is 13.2. The first kappa shape index (κ1) is 24.5. The molecule has 6 nitrogen and oxygen atoms in total. The summed E-state index contributed by atoms with van der Waals surface area (Å²) in [6.07, 6.45) is 3.94. The molecule has 6 heteroatoms. The van der Waals surface area contributed by atoms with Crippen molar-refractivity contribution in [3.8, 4) is 0 Å². The van der Waals surface area contributed by atoms with Gasteiger partial charge >= 0.3 is 6.03 Å². The van der Waals surface area contributed by atoms with Gasteiger partial charge < -0.3 is 19.7 Å². The van der Waals surface area contributed by atoms with E-state index in [1.54, 1.807) is 4.90 Å². The molecule has 2 rings (SSSR count). The molecule has 31 heavy (non-hydrogen) atoms. The fraction of sp³-hybridized carbons (Fsp3) is 0.520. The number of hydrogen-bond acceptors (Lipinski definition) is 2. The Morgan fingerprint density at radius 2 is 1.87 bits per heavy atom. The molecule has 170 valence electrons. The van der Waals surface area contributed by atoms with E-state index >= 15 is 0 Å². The molecule has 0 aliphatic heterocycles. The molecule has 2 aromatic rings. The summed E-state index contributed by atoms with van der Waals surface area (Å²) >= 11 is 0. The number of unbranched alkanes of at least 4 members (excludes halogenated alkanes) is 1. The molecule has 0 atom stereocenters. The number of aromatic nitrogens is 1. The topological polar surface area (TPSA) is 57.6 Å². The van der Waals surface area contributed by atoms with Crippen molar-refractivity contribution in [3.63, 3.8) is 0 Å². The van der Waals surface area contributed by atoms with Crippen molar-refractivity contribution in [1.29, 1.82) is 0 Å². The highest BCUT2D eigenvalue weighted by atomic mass is 16.2. The first-order valence-electron chi connectivity index (χ1n) is 11.2. The van der Waals surface area contributed by atoms with E-state index in [1.807, 2.05) is 66.9 Å². The van der Waals surface area contributed by atoms with Gasteiger partial charge in [0.25, 0.3) is 0 Å². The Balaban J connectivity index is 2.14. The second-order valence-corrected chi connectivity index (χ2v) is 8.80. The quantitative estimate of drug-likeness (QED) is 0.584. The van der Waals surface area contributed by atoms with Gasteiger partial charge in [0.1, 0.15) is 6.54 Å². The average Bonchev–Trinajstić information content (AvgIpc) is 3.10. The van der Waals surface area contributed by atoms with Crippen LogP contribution >= 0.6 is 0 Å². The summed E-state index contributed by atoms with van der Waals surface area (Å²) in [5.74, 6) is 0.237. The van der Waals surface area contributed by atoms with Gasteiger partial charge in [0.05, 0.1) is 6.54 Å². The maximum absolute atomic E-state index is 13.2. The Morgan fingerprint density at radius 3 is 2.45 bits per heavy atom. The lowest BCUT2D eigenvalue weighted by molar-refractivity contribution is -0.132. The Kier molecular flexibility index (Phi) is 9.16. The van der Waals surface area contributed by atoms with Crippen LogP contribution in [-0.2, 0) is 18.4 Å². The number of urea groups is 1. The summed E-state index contributed by atoms with van der Waals surface area (Å²) in [5, 5.41) is 3.00. The molecule has 0 saturated heterocycles. The van der Waals surface area contributed by atoms with Gasteiger partial charge in [-0.05, 0) is 49.9 Å². The number of hydrogen-bond donors (Lipinski definition) is 1. The van der Waals surface area contributed by atoms with Crippen LogP contribution in [0, 0.1) is 19.8 Å². The van der Waals surface area contributed by atoms with Gasteiger partial charge in [-0.15, -0.1) is 0 Å². The highest BCUT2D eigenvalue weighted by molar-refractivity contribution is 5.93. The number of nitrogens with one attached hydrogen (secondary N) is 1. The van der Waals surface area contributed by atoms with Crippen LogP contribution in [0.5, 0.6) is 0 Å². The highest BCUT2D eigenvalue weighted by Crippen LogP contribution is 2.17. The molecule has 0 bridgehead atoms. The van der Waals surface area contributed by atoms with E-state index in [9.17, 15) is 9.59 Å². The molecule has 1 N–H and O–H groups in total. The first-order valence-corrected chi connectivity index (χ1v) is 11.2. The molecule has 1 aromatic carbocycles. The third-order valence-electron chi connectivity index (χ3n) is 5.36. The standard InChI is InChI=1S/C25H38N4O2/c1-7-8-14-28(17-22-10-9-13-27(22)6)24(30)18-29(16-19(2)3)25(31)26-23-12-11-20(4)15-21(23)5/h9-13,15,19H,7-8,14,16-18H2,1-6H3,(H,26,31). The number of anilines is 1.